The lowest BCUT2D eigenvalue weighted by Crippen LogP contribution is -2.16. The highest BCUT2D eigenvalue weighted by molar-refractivity contribution is 5.93. The summed E-state index contributed by atoms with van der Waals surface area (Å²) in [5, 5.41) is 15.2. The summed E-state index contributed by atoms with van der Waals surface area (Å²) in [4.78, 5) is 17.0. The van der Waals surface area contributed by atoms with Gasteiger partial charge in [-0.25, -0.2) is 0 Å². The van der Waals surface area contributed by atoms with Crippen molar-refractivity contribution in [1.29, 1.82) is 0 Å². The fourth-order valence-corrected chi connectivity index (χ4v) is 3.04. The molecule has 0 saturated carbocycles. The maximum Gasteiger partial charge on any atom is 0.258 e. The molecule has 0 aliphatic heterocycles. The molecule has 4 rings (SSSR count). The number of hydrogen-bond acceptors (Lipinski definition) is 7. The molecule has 0 unspecified atom stereocenters. The number of aromatic nitrogens is 5. The Bertz CT molecular complexity index is 1210. The number of pyridine rings is 1. The summed E-state index contributed by atoms with van der Waals surface area (Å²) in [6.45, 7) is 5.95. The van der Waals surface area contributed by atoms with Crippen molar-refractivity contribution >= 4 is 17.2 Å². The van der Waals surface area contributed by atoms with Gasteiger partial charge in [0, 0.05) is 17.7 Å². The van der Waals surface area contributed by atoms with E-state index in [2.05, 4.69) is 25.7 Å². The Morgan fingerprint density at radius 1 is 1.23 bits per heavy atom. The number of carbonyl (C=O) groups is 1. The molecule has 0 spiro atoms. The van der Waals surface area contributed by atoms with Crippen molar-refractivity contribution in [1.82, 2.24) is 24.7 Å². The summed E-state index contributed by atoms with van der Waals surface area (Å²) in [7, 11) is 1.57. The highest BCUT2D eigenvalue weighted by Gasteiger charge is 2.16. The van der Waals surface area contributed by atoms with Crippen LogP contribution < -0.4 is 10.1 Å². The summed E-state index contributed by atoms with van der Waals surface area (Å²) in [6.07, 6.45) is 1.86. The zero-order valence-electron chi connectivity index (χ0n) is 17.2. The first-order valence-corrected chi connectivity index (χ1v) is 9.56. The molecular weight excluding hydrogens is 384 g/mol. The number of rotatable bonds is 6. The zero-order chi connectivity index (χ0) is 21.3. The third-order valence-electron chi connectivity index (χ3n) is 4.63. The molecule has 1 aromatic carbocycles. The number of nitrogens with one attached hydrogen (secondary N) is 1. The van der Waals surface area contributed by atoms with Crippen LogP contribution in [0.4, 0.5) is 5.69 Å². The highest BCUT2D eigenvalue weighted by atomic mass is 16.5. The lowest BCUT2D eigenvalue weighted by Gasteiger charge is -2.10. The van der Waals surface area contributed by atoms with E-state index in [1.54, 1.807) is 23.8 Å². The van der Waals surface area contributed by atoms with Gasteiger partial charge in [-0.1, -0.05) is 25.1 Å². The fraction of sp³-hybridized carbons (Fsp3) is 0.286. The Balaban J connectivity index is 1.54. The number of amides is 1. The van der Waals surface area contributed by atoms with Crippen LogP contribution in [0.15, 0.2) is 41.1 Å². The Morgan fingerprint density at radius 2 is 2.07 bits per heavy atom. The minimum absolute atomic E-state index is 0.0651. The van der Waals surface area contributed by atoms with Gasteiger partial charge in [0.2, 0.25) is 5.91 Å². The molecule has 3 heterocycles. The van der Waals surface area contributed by atoms with E-state index in [1.807, 2.05) is 45.0 Å². The van der Waals surface area contributed by atoms with Gasteiger partial charge in [-0.3, -0.25) is 9.20 Å². The van der Waals surface area contributed by atoms with Gasteiger partial charge in [0.1, 0.15) is 11.6 Å². The van der Waals surface area contributed by atoms with Crippen molar-refractivity contribution in [3.63, 3.8) is 0 Å². The van der Waals surface area contributed by atoms with E-state index in [4.69, 9.17) is 9.26 Å². The van der Waals surface area contributed by atoms with E-state index >= 15 is 0 Å². The van der Waals surface area contributed by atoms with E-state index in [-0.39, 0.29) is 18.2 Å². The van der Waals surface area contributed by atoms with Crippen LogP contribution in [0, 0.1) is 6.92 Å². The molecule has 9 nitrogen and oxygen atoms in total. The summed E-state index contributed by atoms with van der Waals surface area (Å²) < 4.78 is 12.4. The Kier molecular flexibility index (Phi) is 5.18. The second kappa shape index (κ2) is 7.94. The van der Waals surface area contributed by atoms with E-state index < -0.39 is 0 Å². The summed E-state index contributed by atoms with van der Waals surface area (Å²) >= 11 is 0. The number of nitrogens with zero attached hydrogens (tertiary/aromatic N) is 5. The fourth-order valence-electron chi connectivity index (χ4n) is 3.04. The largest absolute Gasteiger partial charge is 0.495 e. The first-order valence-electron chi connectivity index (χ1n) is 9.56. The zero-order valence-corrected chi connectivity index (χ0v) is 17.2. The SMILES string of the molecule is COc1ccc(C)cc1NC(=O)Cc1nnc2cc(-c3nc(C(C)C)no3)ccn12. The predicted molar refractivity (Wildman–Crippen MR) is 110 cm³/mol. The van der Waals surface area contributed by atoms with Crippen molar-refractivity contribution in [3.05, 3.63) is 53.7 Å². The molecule has 0 saturated heterocycles. The second-order valence-corrected chi connectivity index (χ2v) is 7.30. The van der Waals surface area contributed by atoms with Crippen LogP contribution in [0.2, 0.25) is 0 Å². The minimum Gasteiger partial charge on any atom is -0.495 e. The second-order valence-electron chi connectivity index (χ2n) is 7.30. The first-order chi connectivity index (χ1) is 14.4. The number of anilines is 1. The molecule has 0 atom stereocenters. The molecule has 9 heteroatoms. The molecule has 0 bridgehead atoms. The van der Waals surface area contributed by atoms with E-state index in [9.17, 15) is 4.79 Å². The molecule has 0 aliphatic carbocycles. The topological polar surface area (TPSA) is 107 Å². The van der Waals surface area contributed by atoms with Crippen LogP contribution in [0.5, 0.6) is 5.75 Å². The van der Waals surface area contributed by atoms with Crippen molar-refractivity contribution < 1.29 is 14.1 Å². The lowest BCUT2D eigenvalue weighted by molar-refractivity contribution is -0.115. The number of carbonyl (C=O) groups excluding carboxylic acids is 1. The number of methoxy groups -OCH3 is 1. The van der Waals surface area contributed by atoms with E-state index in [0.717, 1.165) is 11.1 Å². The smallest absolute Gasteiger partial charge is 0.258 e. The summed E-state index contributed by atoms with van der Waals surface area (Å²) in [5.41, 5.74) is 2.98. The number of fused-ring (bicyclic) bond motifs is 1. The van der Waals surface area contributed by atoms with Crippen LogP contribution >= 0.6 is 0 Å². The van der Waals surface area contributed by atoms with Gasteiger partial charge >= 0.3 is 0 Å². The van der Waals surface area contributed by atoms with Crippen LogP contribution in [-0.2, 0) is 11.2 Å². The minimum atomic E-state index is -0.212. The number of benzene rings is 1. The van der Waals surface area contributed by atoms with Gasteiger partial charge in [-0.15, -0.1) is 10.2 Å². The van der Waals surface area contributed by atoms with Crippen molar-refractivity contribution in [2.75, 3.05) is 12.4 Å². The average Bonchev–Trinajstić information content (AvgIpc) is 3.35. The molecule has 0 aliphatic rings. The molecule has 4 aromatic rings. The molecular formula is C21H22N6O3. The summed E-state index contributed by atoms with van der Waals surface area (Å²) in [5.74, 6) is 2.16. The standard InChI is InChI=1S/C21H22N6O3/c1-12(2)20-23-21(30-26-20)14-7-8-27-17(10-14)24-25-18(27)11-19(28)22-15-9-13(3)5-6-16(15)29-4/h5-10,12H,11H2,1-4H3,(H,22,28). The highest BCUT2D eigenvalue weighted by Crippen LogP contribution is 2.25. The summed E-state index contributed by atoms with van der Waals surface area (Å²) in [6, 6.07) is 9.24. The van der Waals surface area contributed by atoms with Crippen LogP contribution in [0.25, 0.3) is 17.1 Å². The molecule has 0 fully saturated rings. The Morgan fingerprint density at radius 3 is 2.80 bits per heavy atom. The van der Waals surface area contributed by atoms with Gasteiger partial charge in [-0.2, -0.15) is 4.98 Å². The quantitative estimate of drug-likeness (QED) is 0.523. The van der Waals surface area contributed by atoms with Crippen LogP contribution in [-0.4, -0.2) is 37.8 Å². The van der Waals surface area contributed by atoms with E-state index in [1.165, 1.54) is 0 Å². The molecule has 1 N–H and O–H groups in total. The number of ether oxygens (including phenoxy) is 1. The van der Waals surface area contributed by atoms with Crippen molar-refractivity contribution in [2.24, 2.45) is 0 Å². The number of hydrogen-bond donors (Lipinski definition) is 1. The Hall–Kier alpha value is -3.75. The van der Waals surface area contributed by atoms with Crippen molar-refractivity contribution in [3.8, 4) is 17.2 Å². The lowest BCUT2D eigenvalue weighted by atomic mass is 10.2. The molecule has 1 amide bonds. The molecule has 154 valence electrons. The monoisotopic (exact) mass is 406 g/mol. The van der Waals surface area contributed by atoms with Crippen LogP contribution in [0.1, 0.15) is 37.0 Å². The first kappa shape index (κ1) is 19.6. The van der Waals surface area contributed by atoms with Gasteiger partial charge < -0.3 is 14.6 Å². The van der Waals surface area contributed by atoms with Crippen molar-refractivity contribution in [2.45, 2.75) is 33.1 Å². The third-order valence-corrected chi connectivity index (χ3v) is 4.63. The Labute approximate surface area is 173 Å². The maximum atomic E-state index is 12.6. The van der Waals surface area contributed by atoms with Gasteiger partial charge in [-0.05, 0) is 36.8 Å². The van der Waals surface area contributed by atoms with Gasteiger partial charge in [0.15, 0.2) is 11.5 Å². The molecule has 30 heavy (non-hydrogen) atoms. The van der Waals surface area contributed by atoms with Gasteiger partial charge in [0.05, 0.1) is 19.2 Å². The van der Waals surface area contributed by atoms with Crippen LogP contribution in [0.3, 0.4) is 0 Å². The van der Waals surface area contributed by atoms with E-state index in [0.29, 0.717) is 34.6 Å². The number of aryl methyl sites for hydroxylation is 1. The average molecular weight is 406 g/mol. The normalized spacial score (nSPS) is 11.2. The maximum absolute atomic E-state index is 12.6. The molecule has 3 aromatic heterocycles. The predicted octanol–water partition coefficient (Wildman–Crippen LogP) is 3.40. The van der Waals surface area contributed by atoms with Gasteiger partial charge in [0.25, 0.3) is 5.89 Å². The third kappa shape index (κ3) is 3.86. The molecule has 0 radical (unpaired) electrons.